The SMILES string of the molecule is CC(O)CCOc1cc(N)ccc1Cl. The number of hydrogen-bond acceptors (Lipinski definition) is 3. The van der Waals surface area contributed by atoms with Crippen molar-refractivity contribution in [3.8, 4) is 5.75 Å². The molecule has 0 saturated carbocycles. The minimum atomic E-state index is -0.366. The third-order valence-corrected chi connectivity index (χ3v) is 2.06. The molecule has 0 spiro atoms. The standard InChI is InChI=1S/C10H14ClNO2/c1-7(13)4-5-14-10-6-8(12)2-3-9(10)11/h2-3,6-7,13H,4-5,12H2,1H3. The molecule has 14 heavy (non-hydrogen) atoms. The molecule has 78 valence electrons. The Kier molecular flexibility index (Phi) is 4.04. The van der Waals surface area contributed by atoms with Crippen LogP contribution in [-0.4, -0.2) is 17.8 Å². The maximum absolute atomic E-state index is 9.02. The van der Waals surface area contributed by atoms with Crippen LogP contribution in [0.5, 0.6) is 5.75 Å². The zero-order chi connectivity index (χ0) is 10.6. The van der Waals surface area contributed by atoms with Gasteiger partial charge in [0.15, 0.2) is 0 Å². The van der Waals surface area contributed by atoms with E-state index in [0.29, 0.717) is 29.5 Å². The number of aliphatic hydroxyl groups excluding tert-OH is 1. The minimum Gasteiger partial charge on any atom is -0.492 e. The zero-order valence-corrected chi connectivity index (χ0v) is 8.79. The number of hydrogen-bond donors (Lipinski definition) is 2. The highest BCUT2D eigenvalue weighted by molar-refractivity contribution is 6.32. The highest BCUT2D eigenvalue weighted by Crippen LogP contribution is 2.26. The van der Waals surface area contributed by atoms with E-state index in [0.717, 1.165) is 0 Å². The molecule has 0 bridgehead atoms. The summed E-state index contributed by atoms with van der Waals surface area (Å²) >= 11 is 5.87. The van der Waals surface area contributed by atoms with Crippen LogP contribution in [0.2, 0.25) is 5.02 Å². The number of aliphatic hydroxyl groups is 1. The molecular formula is C10H14ClNO2. The number of nitrogens with two attached hydrogens (primary N) is 1. The molecule has 0 aliphatic carbocycles. The Labute approximate surface area is 88.4 Å². The molecule has 0 heterocycles. The second-order valence-electron chi connectivity index (χ2n) is 3.18. The summed E-state index contributed by atoms with van der Waals surface area (Å²) in [5.41, 5.74) is 6.18. The Hall–Kier alpha value is -0.930. The van der Waals surface area contributed by atoms with E-state index < -0.39 is 0 Å². The molecule has 0 amide bonds. The molecule has 0 aromatic heterocycles. The van der Waals surface area contributed by atoms with E-state index in [1.807, 2.05) is 0 Å². The summed E-state index contributed by atoms with van der Waals surface area (Å²) in [4.78, 5) is 0. The van der Waals surface area contributed by atoms with E-state index in [4.69, 9.17) is 27.2 Å². The molecule has 4 heteroatoms. The first kappa shape index (κ1) is 11.1. The summed E-state index contributed by atoms with van der Waals surface area (Å²) in [6.45, 7) is 2.14. The molecule has 0 aliphatic heterocycles. The fourth-order valence-electron chi connectivity index (χ4n) is 0.970. The first-order chi connectivity index (χ1) is 6.59. The third-order valence-electron chi connectivity index (χ3n) is 1.75. The van der Waals surface area contributed by atoms with Gasteiger partial charge in [-0.05, 0) is 19.1 Å². The van der Waals surface area contributed by atoms with Crippen molar-refractivity contribution in [2.24, 2.45) is 0 Å². The van der Waals surface area contributed by atoms with Crippen LogP contribution in [0, 0.1) is 0 Å². The largest absolute Gasteiger partial charge is 0.492 e. The molecule has 1 atom stereocenters. The van der Waals surface area contributed by atoms with Crippen LogP contribution in [0.3, 0.4) is 0 Å². The number of ether oxygens (including phenoxy) is 1. The topological polar surface area (TPSA) is 55.5 Å². The molecule has 3 nitrogen and oxygen atoms in total. The Bertz CT molecular complexity index is 302. The number of nitrogen functional groups attached to an aromatic ring is 1. The lowest BCUT2D eigenvalue weighted by Gasteiger charge is -2.09. The number of halogens is 1. The second kappa shape index (κ2) is 5.08. The summed E-state index contributed by atoms with van der Waals surface area (Å²) in [7, 11) is 0. The van der Waals surface area contributed by atoms with Crippen molar-refractivity contribution >= 4 is 17.3 Å². The number of benzene rings is 1. The van der Waals surface area contributed by atoms with E-state index in [2.05, 4.69) is 0 Å². The Morgan fingerprint density at radius 3 is 2.93 bits per heavy atom. The predicted molar refractivity (Wildman–Crippen MR) is 57.7 cm³/mol. The van der Waals surface area contributed by atoms with Crippen LogP contribution in [0.1, 0.15) is 13.3 Å². The van der Waals surface area contributed by atoms with E-state index >= 15 is 0 Å². The van der Waals surface area contributed by atoms with Crippen molar-refractivity contribution in [2.75, 3.05) is 12.3 Å². The maximum Gasteiger partial charge on any atom is 0.139 e. The summed E-state index contributed by atoms with van der Waals surface area (Å²) in [6.07, 6.45) is 0.209. The molecule has 1 aromatic rings. The summed E-state index contributed by atoms with van der Waals surface area (Å²) < 4.78 is 5.36. The first-order valence-electron chi connectivity index (χ1n) is 4.45. The normalized spacial score (nSPS) is 12.5. The average Bonchev–Trinajstić information content (AvgIpc) is 2.10. The van der Waals surface area contributed by atoms with Gasteiger partial charge in [-0.2, -0.15) is 0 Å². The Morgan fingerprint density at radius 2 is 2.29 bits per heavy atom. The van der Waals surface area contributed by atoms with Gasteiger partial charge in [0.1, 0.15) is 5.75 Å². The van der Waals surface area contributed by atoms with Gasteiger partial charge in [-0.3, -0.25) is 0 Å². The van der Waals surface area contributed by atoms with Gasteiger partial charge in [0.25, 0.3) is 0 Å². The monoisotopic (exact) mass is 215 g/mol. The molecular weight excluding hydrogens is 202 g/mol. The molecule has 0 radical (unpaired) electrons. The van der Waals surface area contributed by atoms with Crippen LogP contribution in [0.4, 0.5) is 5.69 Å². The third kappa shape index (κ3) is 3.44. The van der Waals surface area contributed by atoms with Crippen molar-refractivity contribution in [1.29, 1.82) is 0 Å². The van der Waals surface area contributed by atoms with Crippen molar-refractivity contribution in [2.45, 2.75) is 19.4 Å². The van der Waals surface area contributed by atoms with E-state index in [1.54, 1.807) is 25.1 Å². The van der Waals surface area contributed by atoms with Crippen LogP contribution in [0.15, 0.2) is 18.2 Å². The van der Waals surface area contributed by atoms with Crippen molar-refractivity contribution in [3.05, 3.63) is 23.2 Å². The number of anilines is 1. The highest BCUT2D eigenvalue weighted by Gasteiger charge is 2.02. The van der Waals surface area contributed by atoms with Gasteiger partial charge in [0.05, 0.1) is 17.7 Å². The van der Waals surface area contributed by atoms with Gasteiger partial charge in [-0.15, -0.1) is 0 Å². The molecule has 1 aromatic carbocycles. The highest BCUT2D eigenvalue weighted by atomic mass is 35.5. The van der Waals surface area contributed by atoms with Gasteiger partial charge in [0.2, 0.25) is 0 Å². The smallest absolute Gasteiger partial charge is 0.139 e. The number of rotatable bonds is 4. The molecule has 3 N–H and O–H groups in total. The van der Waals surface area contributed by atoms with Gasteiger partial charge in [0, 0.05) is 18.2 Å². The van der Waals surface area contributed by atoms with Crippen LogP contribution < -0.4 is 10.5 Å². The van der Waals surface area contributed by atoms with Crippen molar-refractivity contribution in [3.63, 3.8) is 0 Å². The van der Waals surface area contributed by atoms with Crippen LogP contribution >= 0.6 is 11.6 Å². The Morgan fingerprint density at radius 1 is 1.57 bits per heavy atom. The van der Waals surface area contributed by atoms with E-state index in [1.165, 1.54) is 0 Å². The second-order valence-corrected chi connectivity index (χ2v) is 3.58. The lowest BCUT2D eigenvalue weighted by atomic mass is 10.3. The van der Waals surface area contributed by atoms with Crippen molar-refractivity contribution in [1.82, 2.24) is 0 Å². The molecule has 0 saturated heterocycles. The quantitative estimate of drug-likeness (QED) is 0.757. The lowest BCUT2D eigenvalue weighted by Crippen LogP contribution is -2.07. The summed E-state index contributed by atoms with van der Waals surface area (Å²) in [5, 5.41) is 9.55. The maximum atomic E-state index is 9.02. The van der Waals surface area contributed by atoms with E-state index in [9.17, 15) is 0 Å². The summed E-state index contributed by atoms with van der Waals surface area (Å²) in [5.74, 6) is 0.562. The molecule has 1 rings (SSSR count). The molecule has 0 fully saturated rings. The van der Waals surface area contributed by atoms with E-state index in [-0.39, 0.29) is 6.10 Å². The van der Waals surface area contributed by atoms with Crippen molar-refractivity contribution < 1.29 is 9.84 Å². The molecule has 1 unspecified atom stereocenters. The van der Waals surface area contributed by atoms with Gasteiger partial charge in [-0.25, -0.2) is 0 Å². The fraction of sp³-hybridized carbons (Fsp3) is 0.400. The van der Waals surface area contributed by atoms with Crippen LogP contribution in [0.25, 0.3) is 0 Å². The minimum absolute atomic E-state index is 0.366. The van der Waals surface area contributed by atoms with Crippen LogP contribution in [-0.2, 0) is 0 Å². The Balaban J connectivity index is 2.53. The lowest BCUT2D eigenvalue weighted by molar-refractivity contribution is 0.155. The average molecular weight is 216 g/mol. The zero-order valence-electron chi connectivity index (χ0n) is 8.03. The predicted octanol–water partition coefficient (Wildman–Crippen LogP) is 2.07. The summed E-state index contributed by atoms with van der Waals surface area (Å²) in [6, 6.07) is 5.07. The molecule has 0 aliphatic rings. The first-order valence-corrected chi connectivity index (χ1v) is 4.83. The van der Waals surface area contributed by atoms with Gasteiger partial charge < -0.3 is 15.6 Å². The van der Waals surface area contributed by atoms with Gasteiger partial charge >= 0.3 is 0 Å². The van der Waals surface area contributed by atoms with Gasteiger partial charge in [-0.1, -0.05) is 11.6 Å². The fourth-order valence-corrected chi connectivity index (χ4v) is 1.14.